The number of nitrogens with zero attached hydrogens (tertiary/aromatic N) is 4. The molecule has 10 heteroatoms. The minimum absolute atomic E-state index is 0.138. The summed E-state index contributed by atoms with van der Waals surface area (Å²) >= 11 is 1.26. The van der Waals surface area contributed by atoms with Gasteiger partial charge in [0.05, 0.1) is 32.3 Å². The second-order valence-electron chi connectivity index (χ2n) is 7.65. The van der Waals surface area contributed by atoms with Gasteiger partial charge in [0, 0.05) is 17.7 Å². The van der Waals surface area contributed by atoms with Gasteiger partial charge in [0.25, 0.3) is 11.6 Å². The van der Waals surface area contributed by atoms with Crippen LogP contribution in [0.1, 0.15) is 21.5 Å². The number of aryl methyl sites for hydroxylation is 1. The Kier molecular flexibility index (Phi) is 5.63. The Labute approximate surface area is 201 Å². The van der Waals surface area contributed by atoms with Crippen molar-refractivity contribution < 1.29 is 14.1 Å². The van der Waals surface area contributed by atoms with Crippen LogP contribution in [0.15, 0.2) is 87.3 Å². The van der Waals surface area contributed by atoms with E-state index in [2.05, 4.69) is 10.1 Å². The van der Waals surface area contributed by atoms with Crippen molar-refractivity contribution >= 4 is 55.5 Å². The normalized spacial score (nSPS) is 11.3. The topological polar surface area (TPSA) is 119 Å². The molecular weight excluding hydrogens is 468 g/mol. The van der Waals surface area contributed by atoms with E-state index in [1.807, 2.05) is 25.1 Å². The number of fused-ring (bicyclic) bond motifs is 2. The smallest absolute Gasteiger partial charge is 0.280 e. The third-order valence-corrected chi connectivity index (χ3v) is 6.24. The fourth-order valence-electron chi connectivity index (χ4n) is 3.45. The molecule has 172 valence electrons. The lowest BCUT2D eigenvalue weighted by Gasteiger charge is -2.13. The maximum Gasteiger partial charge on any atom is 0.280 e. The number of aromatic nitrogens is 1. The molecule has 0 spiro atoms. The van der Waals surface area contributed by atoms with E-state index in [-0.39, 0.29) is 27.4 Å². The summed E-state index contributed by atoms with van der Waals surface area (Å²) < 4.78 is 6.39. The molecule has 0 N–H and O–H groups in total. The van der Waals surface area contributed by atoms with Crippen molar-refractivity contribution in [2.75, 3.05) is 5.01 Å². The van der Waals surface area contributed by atoms with E-state index < -0.39 is 10.8 Å². The number of hydrogen-bond acceptors (Lipinski definition) is 8. The molecule has 5 aromatic rings. The van der Waals surface area contributed by atoms with Crippen LogP contribution in [0.2, 0.25) is 0 Å². The van der Waals surface area contributed by atoms with Crippen LogP contribution >= 0.6 is 11.3 Å². The average molecular weight is 484 g/mol. The maximum atomic E-state index is 13.4. The van der Waals surface area contributed by atoms with E-state index in [0.29, 0.717) is 16.5 Å². The maximum absolute atomic E-state index is 13.4. The summed E-state index contributed by atoms with van der Waals surface area (Å²) in [6.07, 6.45) is 2.53. The molecule has 2 aromatic heterocycles. The molecule has 0 aliphatic heterocycles. The molecule has 0 radical (unpaired) electrons. The molecule has 5 rings (SSSR count). The highest BCUT2D eigenvalue weighted by molar-refractivity contribution is 7.22. The fraction of sp³-hybridized carbons (Fsp3) is 0.0400. The first-order valence-corrected chi connectivity index (χ1v) is 11.2. The van der Waals surface area contributed by atoms with Crippen LogP contribution in [-0.2, 0) is 0 Å². The lowest BCUT2D eigenvalue weighted by atomic mass is 10.2. The number of carbonyl (C=O) groups is 1. The van der Waals surface area contributed by atoms with Gasteiger partial charge in [-0.1, -0.05) is 29.5 Å². The highest BCUT2D eigenvalue weighted by Crippen LogP contribution is 2.31. The largest absolute Gasteiger partial charge is 0.463 e. The molecule has 0 atom stereocenters. The molecular formula is C25H16N4O5S. The van der Waals surface area contributed by atoms with E-state index in [9.17, 15) is 19.7 Å². The van der Waals surface area contributed by atoms with Gasteiger partial charge < -0.3 is 4.42 Å². The van der Waals surface area contributed by atoms with Gasteiger partial charge in [-0.3, -0.25) is 19.7 Å². The van der Waals surface area contributed by atoms with E-state index in [0.717, 1.165) is 15.3 Å². The second kappa shape index (κ2) is 8.92. The van der Waals surface area contributed by atoms with Crippen molar-refractivity contribution in [3.8, 4) is 0 Å². The van der Waals surface area contributed by atoms with Crippen molar-refractivity contribution in [1.29, 1.82) is 0 Å². The van der Waals surface area contributed by atoms with Crippen LogP contribution in [0.25, 0.3) is 21.2 Å². The van der Waals surface area contributed by atoms with Crippen LogP contribution in [0.4, 0.5) is 10.8 Å². The number of hydrogen-bond donors (Lipinski definition) is 0. The molecule has 0 aliphatic rings. The molecule has 0 unspecified atom stereocenters. The van der Waals surface area contributed by atoms with Gasteiger partial charge in [0.2, 0.25) is 10.6 Å². The summed E-state index contributed by atoms with van der Waals surface area (Å²) in [7, 11) is 0. The van der Waals surface area contributed by atoms with Crippen molar-refractivity contribution in [3.63, 3.8) is 0 Å². The number of anilines is 1. The van der Waals surface area contributed by atoms with Gasteiger partial charge in [0.15, 0.2) is 0 Å². The number of thiazole rings is 1. The van der Waals surface area contributed by atoms with E-state index >= 15 is 0 Å². The van der Waals surface area contributed by atoms with Gasteiger partial charge in [-0.05, 0) is 48.9 Å². The van der Waals surface area contributed by atoms with Gasteiger partial charge in [0.1, 0.15) is 11.8 Å². The van der Waals surface area contributed by atoms with Crippen molar-refractivity contribution in [2.24, 2.45) is 5.10 Å². The van der Waals surface area contributed by atoms with E-state index in [1.54, 1.807) is 24.3 Å². The highest BCUT2D eigenvalue weighted by Gasteiger charge is 2.22. The lowest BCUT2D eigenvalue weighted by Crippen LogP contribution is -2.26. The SMILES string of the molecule is Cc1ccc2nc(N(/N=C/c3coc4ccccc4c3=O)C(=O)c3ccc([N+](=O)[O-])cc3)sc2c1. The molecule has 1 amide bonds. The van der Waals surface area contributed by atoms with Gasteiger partial charge >= 0.3 is 0 Å². The third kappa shape index (κ3) is 4.30. The standard InChI is InChI=1S/C25H16N4O5S/c1-15-6-11-20-22(12-15)35-25(27-20)28(24(31)16-7-9-18(10-8-16)29(32)33)26-13-17-14-34-21-5-3-2-4-19(21)23(17)30/h2-14H,1H3/b26-13+. The van der Waals surface area contributed by atoms with Crippen LogP contribution in [0, 0.1) is 17.0 Å². The van der Waals surface area contributed by atoms with Crippen molar-refractivity contribution in [2.45, 2.75) is 6.92 Å². The molecule has 0 aliphatic carbocycles. The number of para-hydroxylation sites is 1. The highest BCUT2D eigenvalue weighted by atomic mass is 32.1. The Morgan fingerprint density at radius 1 is 1.14 bits per heavy atom. The van der Waals surface area contributed by atoms with E-state index in [1.165, 1.54) is 48.1 Å². The summed E-state index contributed by atoms with van der Waals surface area (Å²) in [4.78, 5) is 41.2. The van der Waals surface area contributed by atoms with Gasteiger partial charge in [-0.2, -0.15) is 10.1 Å². The second-order valence-corrected chi connectivity index (χ2v) is 8.66. The zero-order valence-corrected chi connectivity index (χ0v) is 19.1. The number of rotatable bonds is 5. The number of non-ortho nitro benzene ring substituents is 1. The van der Waals surface area contributed by atoms with Gasteiger partial charge in [-0.25, -0.2) is 4.98 Å². The Balaban J connectivity index is 1.58. The Hall–Kier alpha value is -4.70. The molecule has 0 saturated carbocycles. The van der Waals surface area contributed by atoms with Crippen LogP contribution in [0.3, 0.4) is 0 Å². The summed E-state index contributed by atoms with van der Waals surface area (Å²) in [5.74, 6) is -0.558. The third-order valence-electron chi connectivity index (χ3n) is 5.25. The molecule has 9 nitrogen and oxygen atoms in total. The van der Waals surface area contributed by atoms with Crippen LogP contribution in [-0.4, -0.2) is 22.0 Å². The number of benzene rings is 3. The number of amides is 1. The van der Waals surface area contributed by atoms with Crippen molar-refractivity contribution in [1.82, 2.24) is 4.98 Å². The molecule has 0 bridgehead atoms. The minimum Gasteiger partial charge on any atom is -0.463 e. The Morgan fingerprint density at radius 3 is 2.69 bits per heavy atom. The minimum atomic E-state index is -0.558. The number of hydrazone groups is 1. The first kappa shape index (κ1) is 22.1. The Bertz CT molecular complexity index is 1690. The average Bonchev–Trinajstić information content (AvgIpc) is 3.28. The number of nitro groups is 1. The quantitative estimate of drug-likeness (QED) is 0.190. The summed E-state index contributed by atoms with van der Waals surface area (Å²) in [6, 6.07) is 17.7. The molecule has 0 fully saturated rings. The zero-order chi connectivity index (χ0) is 24.5. The molecule has 0 saturated heterocycles. The molecule has 35 heavy (non-hydrogen) atoms. The Morgan fingerprint density at radius 2 is 1.91 bits per heavy atom. The van der Waals surface area contributed by atoms with Crippen LogP contribution < -0.4 is 10.4 Å². The fourth-order valence-corrected chi connectivity index (χ4v) is 4.47. The predicted molar refractivity (Wildman–Crippen MR) is 134 cm³/mol. The monoisotopic (exact) mass is 484 g/mol. The van der Waals surface area contributed by atoms with Gasteiger partial charge in [-0.15, -0.1) is 0 Å². The first-order valence-electron chi connectivity index (χ1n) is 10.4. The lowest BCUT2D eigenvalue weighted by molar-refractivity contribution is -0.384. The predicted octanol–water partition coefficient (Wildman–Crippen LogP) is 5.30. The van der Waals surface area contributed by atoms with Crippen molar-refractivity contribution in [3.05, 3.63) is 110 Å². The zero-order valence-electron chi connectivity index (χ0n) is 18.2. The molecule has 3 aromatic carbocycles. The molecule has 2 heterocycles. The number of nitro benzene ring substituents is 1. The van der Waals surface area contributed by atoms with E-state index in [4.69, 9.17) is 4.42 Å². The first-order chi connectivity index (χ1) is 16.9. The number of carbonyl (C=O) groups excluding carboxylic acids is 1. The van der Waals surface area contributed by atoms with Crippen LogP contribution in [0.5, 0.6) is 0 Å². The summed E-state index contributed by atoms with van der Waals surface area (Å²) in [5, 5.41) is 17.0. The summed E-state index contributed by atoms with van der Waals surface area (Å²) in [6.45, 7) is 1.95. The summed E-state index contributed by atoms with van der Waals surface area (Å²) in [5.41, 5.74) is 2.07.